The third-order valence-electron chi connectivity index (χ3n) is 2.83. The van der Waals surface area contributed by atoms with Crippen LogP contribution in [0.2, 0.25) is 0 Å². The van der Waals surface area contributed by atoms with Crippen LogP contribution in [0.5, 0.6) is 0 Å². The maximum Gasteiger partial charge on any atom is 0.446 e. The molecule has 1 amide bonds. The fourth-order valence-corrected chi connectivity index (χ4v) is 1.96. The third-order valence-corrected chi connectivity index (χ3v) is 2.83. The van der Waals surface area contributed by atoms with Gasteiger partial charge in [-0.15, -0.1) is 0 Å². The lowest BCUT2D eigenvalue weighted by Crippen LogP contribution is -2.52. The zero-order valence-corrected chi connectivity index (χ0v) is 9.72. The Kier molecular flexibility index (Phi) is 4.89. The third kappa shape index (κ3) is 4.14. The van der Waals surface area contributed by atoms with Crippen molar-refractivity contribution < 1.29 is 22.8 Å². The molecule has 0 saturated carbocycles. The highest BCUT2D eigenvalue weighted by Crippen LogP contribution is 2.24. The Morgan fingerprint density at radius 2 is 2.00 bits per heavy atom. The number of carbonyl (C=O) groups is 2. The van der Waals surface area contributed by atoms with E-state index in [1.807, 2.05) is 6.08 Å². The molecule has 4 nitrogen and oxygen atoms in total. The van der Waals surface area contributed by atoms with Crippen LogP contribution in [0.4, 0.5) is 13.2 Å². The minimum atomic E-state index is -4.64. The lowest BCUT2D eigenvalue weighted by Gasteiger charge is -2.24. The Morgan fingerprint density at radius 3 is 2.50 bits per heavy atom. The van der Waals surface area contributed by atoms with E-state index >= 15 is 0 Å². The molecule has 0 aromatic rings. The van der Waals surface area contributed by atoms with Crippen LogP contribution in [0.3, 0.4) is 0 Å². The molecule has 0 aromatic heterocycles. The summed E-state index contributed by atoms with van der Waals surface area (Å²) < 4.78 is 31.2. The molecule has 18 heavy (non-hydrogen) atoms. The van der Waals surface area contributed by atoms with Crippen molar-refractivity contribution in [2.75, 3.05) is 13.1 Å². The predicted molar refractivity (Wildman–Crippen MR) is 58.9 cm³/mol. The summed E-state index contributed by atoms with van der Waals surface area (Å²) in [5, 5.41) is 6.19. The van der Waals surface area contributed by atoms with Gasteiger partial charge in [0.1, 0.15) is 5.54 Å². The standard InChI is InChI=1S/C9H14N2O.C2HF3O/c12-8-9(5-3-7-11-9)4-1-2-6-10-8;3-2(4,5)1-6/h1-2,11H,3-7H2,(H,10,12);1H. The van der Waals surface area contributed by atoms with Crippen molar-refractivity contribution in [3.05, 3.63) is 12.2 Å². The van der Waals surface area contributed by atoms with Crippen LogP contribution in [0, 0.1) is 0 Å². The van der Waals surface area contributed by atoms with Gasteiger partial charge in [0, 0.05) is 6.54 Å². The van der Waals surface area contributed by atoms with Crippen molar-refractivity contribution >= 4 is 12.2 Å². The largest absolute Gasteiger partial charge is 0.446 e. The molecule has 1 saturated heterocycles. The van der Waals surface area contributed by atoms with E-state index < -0.39 is 12.5 Å². The first kappa shape index (κ1) is 14.7. The highest BCUT2D eigenvalue weighted by Gasteiger charge is 2.39. The van der Waals surface area contributed by atoms with Crippen molar-refractivity contribution in [3.63, 3.8) is 0 Å². The molecule has 0 bridgehead atoms. The maximum atomic E-state index is 11.6. The molecular formula is C11H15F3N2O2. The van der Waals surface area contributed by atoms with Gasteiger partial charge in [-0.25, -0.2) is 0 Å². The Hall–Kier alpha value is -1.37. The van der Waals surface area contributed by atoms with E-state index in [9.17, 15) is 18.0 Å². The van der Waals surface area contributed by atoms with Gasteiger partial charge in [0.25, 0.3) is 0 Å². The normalized spacial score (nSPS) is 27.2. The number of halogens is 3. The summed E-state index contributed by atoms with van der Waals surface area (Å²) >= 11 is 0. The van der Waals surface area contributed by atoms with Gasteiger partial charge in [0.2, 0.25) is 12.2 Å². The number of aldehydes is 1. The number of hydrogen-bond acceptors (Lipinski definition) is 3. The van der Waals surface area contributed by atoms with Crippen LogP contribution in [0.1, 0.15) is 19.3 Å². The summed E-state index contributed by atoms with van der Waals surface area (Å²) in [5.41, 5.74) is -0.271. The quantitative estimate of drug-likeness (QED) is 0.505. The lowest BCUT2D eigenvalue weighted by molar-refractivity contribution is -0.156. The Labute approximate surface area is 103 Å². The SMILES string of the molecule is O=C1NCC=CCC12CCCN2.O=CC(F)(F)F. The molecule has 2 rings (SSSR count). The van der Waals surface area contributed by atoms with E-state index in [4.69, 9.17) is 4.79 Å². The Bertz CT molecular complexity index is 334. The Morgan fingerprint density at radius 1 is 1.33 bits per heavy atom. The number of rotatable bonds is 0. The monoisotopic (exact) mass is 264 g/mol. The van der Waals surface area contributed by atoms with Crippen LogP contribution < -0.4 is 10.6 Å². The molecule has 2 heterocycles. The van der Waals surface area contributed by atoms with Crippen molar-refractivity contribution in [2.24, 2.45) is 0 Å². The van der Waals surface area contributed by atoms with Gasteiger partial charge in [-0.05, 0) is 25.8 Å². The fourth-order valence-electron chi connectivity index (χ4n) is 1.96. The summed E-state index contributed by atoms with van der Waals surface area (Å²) in [4.78, 5) is 20.3. The van der Waals surface area contributed by atoms with Gasteiger partial charge in [0.05, 0.1) is 0 Å². The molecule has 7 heteroatoms. The highest BCUT2D eigenvalue weighted by atomic mass is 19.4. The zero-order chi connectivity index (χ0) is 13.6. The predicted octanol–water partition coefficient (Wildman–Crippen LogP) is 0.932. The van der Waals surface area contributed by atoms with Crippen LogP contribution in [0.25, 0.3) is 0 Å². The van der Waals surface area contributed by atoms with E-state index in [-0.39, 0.29) is 11.4 Å². The Balaban J connectivity index is 0.000000232. The molecule has 1 atom stereocenters. The minimum absolute atomic E-state index is 0.171. The summed E-state index contributed by atoms with van der Waals surface area (Å²) in [7, 11) is 0. The van der Waals surface area contributed by atoms with Gasteiger partial charge < -0.3 is 10.6 Å². The number of hydrogen-bond donors (Lipinski definition) is 2. The molecule has 1 spiro atoms. The summed E-state index contributed by atoms with van der Waals surface area (Å²) in [5.74, 6) is 0.171. The molecule has 0 aliphatic carbocycles. The van der Waals surface area contributed by atoms with Crippen molar-refractivity contribution in [3.8, 4) is 0 Å². The molecule has 0 aromatic carbocycles. The smallest absolute Gasteiger partial charge is 0.351 e. The van der Waals surface area contributed by atoms with Gasteiger partial charge in [0.15, 0.2) is 0 Å². The molecule has 2 aliphatic heterocycles. The summed E-state index contributed by atoms with van der Waals surface area (Å²) in [6.07, 6.45) is 1.35. The number of amides is 1. The van der Waals surface area contributed by atoms with Crippen LogP contribution in [-0.4, -0.2) is 37.0 Å². The van der Waals surface area contributed by atoms with Crippen molar-refractivity contribution in [1.82, 2.24) is 10.6 Å². The molecule has 102 valence electrons. The number of alkyl halides is 3. The second-order valence-electron chi connectivity index (χ2n) is 4.16. The van der Waals surface area contributed by atoms with E-state index in [0.29, 0.717) is 6.54 Å². The first-order valence-electron chi connectivity index (χ1n) is 5.61. The summed E-state index contributed by atoms with van der Waals surface area (Å²) in [6, 6.07) is 0. The topological polar surface area (TPSA) is 58.2 Å². The average molecular weight is 264 g/mol. The lowest BCUT2D eigenvalue weighted by atomic mass is 9.93. The number of nitrogens with one attached hydrogen (secondary N) is 2. The molecular weight excluding hydrogens is 249 g/mol. The maximum absolute atomic E-state index is 11.6. The second-order valence-corrected chi connectivity index (χ2v) is 4.16. The summed E-state index contributed by atoms with van der Waals surface area (Å²) in [6.45, 7) is 1.66. The van der Waals surface area contributed by atoms with Gasteiger partial charge in [-0.1, -0.05) is 12.2 Å². The van der Waals surface area contributed by atoms with Gasteiger partial charge >= 0.3 is 6.18 Å². The first-order valence-corrected chi connectivity index (χ1v) is 5.61. The van der Waals surface area contributed by atoms with Crippen LogP contribution >= 0.6 is 0 Å². The van der Waals surface area contributed by atoms with Crippen molar-refractivity contribution in [1.29, 1.82) is 0 Å². The molecule has 1 fully saturated rings. The first-order chi connectivity index (χ1) is 8.40. The van der Waals surface area contributed by atoms with E-state index in [0.717, 1.165) is 25.8 Å². The van der Waals surface area contributed by atoms with E-state index in [1.165, 1.54) is 0 Å². The van der Waals surface area contributed by atoms with Crippen LogP contribution in [0.15, 0.2) is 12.2 Å². The minimum Gasteiger partial charge on any atom is -0.351 e. The zero-order valence-electron chi connectivity index (χ0n) is 9.72. The fraction of sp³-hybridized carbons (Fsp3) is 0.636. The van der Waals surface area contributed by atoms with Gasteiger partial charge in [-0.3, -0.25) is 9.59 Å². The van der Waals surface area contributed by atoms with Crippen molar-refractivity contribution in [2.45, 2.75) is 31.0 Å². The highest BCUT2D eigenvalue weighted by molar-refractivity contribution is 5.87. The molecule has 2 aliphatic rings. The molecule has 2 N–H and O–H groups in total. The second kappa shape index (κ2) is 5.99. The molecule has 0 radical (unpaired) electrons. The van der Waals surface area contributed by atoms with Crippen LogP contribution in [-0.2, 0) is 9.59 Å². The number of carbonyl (C=O) groups excluding carboxylic acids is 2. The molecule has 1 unspecified atom stereocenters. The van der Waals surface area contributed by atoms with Gasteiger partial charge in [-0.2, -0.15) is 13.2 Å². The average Bonchev–Trinajstić information content (AvgIpc) is 2.70. The van der Waals surface area contributed by atoms with E-state index in [1.54, 1.807) is 0 Å². The van der Waals surface area contributed by atoms with E-state index in [2.05, 4.69) is 16.7 Å².